The summed E-state index contributed by atoms with van der Waals surface area (Å²) in [6, 6.07) is 10.0. The number of rotatable bonds is 4. The third kappa shape index (κ3) is 3.22. The molecule has 0 radical (unpaired) electrons. The van der Waals surface area contributed by atoms with Gasteiger partial charge in [0.25, 0.3) is 0 Å². The van der Waals surface area contributed by atoms with Crippen molar-refractivity contribution in [2.24, 2.45) is 17.8 Å². The Bertz CT molecular complexity index is 455. The summed E-state index contributed by atoms with van der Waals surface area (Å²) in [5.74, 6) is 0.232. The number of imide groups is 1. The Morgan fingerprint density at radius 1 is 1.26 bits per heavy atom. The van der Waals surface area contributed by atoms with E-state index in [-0.39, 0.29) is 23.7 Å². The summed E-state index contributed by atoms with van der Waals surface area (Å²) in [5.41, 5.74) is 1.16. The first-order valence-corrected chi connectivity index (χ1v) is 6.99. The van der Waals surface area contributed by atoms with Crippen molar-refractivity contribution in [3.63, 3.8) is 0 Å². The first-order valence-electron chi connectivity index (χ1n) is 6.99. The van der Waals surface area contributed by atoms with Crippen molar-refractivity contribution in [3.05, 3.63) is 35.9 Å². The lowest BCUT2D eigenvalue weighted by atomic mass is 9.74. The van der Waals surface area contributed by atoms with Gasteiger partial charge in [0, 0.05) is 12.3 Å². The van der Waals surface area contributed by atoms with Crippen LogP contribution in [-0.2, 0) is 16.0 Å². The molecule has 0 aromatic heterocycles. The van der Waals surface area contributed by atoms with Crippen LogP contribution in [-0.4, -0.2) is 11.8 Å². The van der Waals surface area contributed by atoms with Gasteiger partial charge in [-0.1, -0.05) is 50.6 Å². The molecule has 2 amide bonds. The molecule has 1 aromatic carbocycles. The average Bonchev–Trinajstić information content (AvgIpc) is 2.42. The van der Waals surface area contributed by atoms with Crippen LogP contribution >= 0.6 is 0 Å². The van der Waals surface area contributed by atoms with Gasteiger partial charge < -0.3 is 0 Å². The Labute approximate surface area is 114 Å². The molecule has 1 aliphatic rings. The predicted molar refractivity (Wildman–Crippen MR) is 74.3 cm³/mol. The zero-order chi connectivity index (χ0) is 13.8. The number of carbonyl (C=O) groups is 2. The molecule has 102 valence electrons. The SMILES string of the molecule is CCC(C)C1CC(=O)NC(=O)C1Cc1ccccc1. The molecule has 1 heterocycles. The minimum absolute atomic E-state index is 0.0879. The summed E-state index contributed by atoms with van der Waals surface area (Å²) in [4.78, 5) is 23.7. The quantitative estimate of drug-likeness (QED) is 0.845. The largest absolute Gasteiger partial charge is 0.296 e. The van der Waals surface area contributed by atoms with Gasteiger partial charge in [0.1, 0.15) is 0 Å². The summed E-state index contributed by atoms with van der Waals surface area (Å²) in [5, 5.41) is 2.48. The van der Waals surface area contributed by atoms with Gasteiger partial charge in [-0.3, -0.25) is 14.9 Å². The second kappa shape index (κ2) is 6.00. The van der Waals surface area contributed by atoms with Crippen molar-refractivity contribution in [2.45, 2.75) is 33.1 Å². The van der Waals surface area contributed by atoms with Gasteiger partial charge in [-0.05, 0) is 23.8 Å². The highest BCUT2D eigenvalue weighted by molar-refractivity contribution is 5.99. The zero-order valence-corrected chi connectivity index (χ0v) is 11.6. The molecule has 2 rings (SSSR count). The van der Waals surface area contributed by atoms with Crippen LogP contribution in [0.15, 0.2) is 30.3 Å². The topological polar surface area (TPSA) is 46.2 Å². The molecule has 0 aliphatic carbocycles. The van der Waals surface area contributed by atoms with Gasteiger partial charge in [0.2, 0.25) is 11.8 Å². The highest BCUT2D eigenvalue weighted by Crippen LogP contribution is 2.32. The first-order chi connectivity index (χ1) is 9.11. The van der Waals surface area contributed by atoms with Gasteiger partial charge >= 0.3 is 0 Å². The fourth-order valence-electron chi connectivity index (χ4n) is 2.84. The van der Waals surface area contributed by atoms with Crippen LogP contribution in [0, 0.1) is 17.8 Å². The van der Waals surface area contributed by atoms with Crippen molar-refractivity contribution in [1.29, 1.82) is 0 Å². The second-order valence-electron chi connectivity index (χ2n) is 5.46. The smallest absolute Gasteiger partial charge is 0.230 e. The molecule has 1 aromatic rings. The van der Waals surface area contributed by atoms with Gasteiger partial charge in [-0.15, -0.1) is 0 Å². The van der Waals surface area contributed by atoms with Crippen LogP contribution in [0.3, 0.4) is 0 Å². The monoisotopic (exact) mass is 259 g/mol. The Hall–Kier alpha value is -1.64. The van der Waals surface area contributed by atoms with Crippen LogP contribution in [0.2, 0.25) is 0 Å². The lowest BCUT2D eigenvalue weighted by Gasteiger charge is -2.34. The summed E-state index contributed by atoms with van der Waals surface area (Å²) in [6.07, 6.45) is 2.18. The van der Waals surface area contributed by atoms with Gasteiger partial charge in [0.05, 0.1) is 0 Å². The molecule has 3 atom stereocenters. The lowest BCUT2D eigenvalue weighted by Crippen LogP contribution is -2.48. The number of hydrogen-bond donors (Lipinski definition) is 1. The van der Waals surface area contributed by atoms with E-state index < -0.39 is 0 Å². The Morgan fingerprint density at radius 3 is 2.58 bits per heavy atom. The minimum atomic E-state index is -0.125. The number of hydrogen-bond acceptors (Lipinski definition) is 2. The Kier molecular flexibility index (Phi) is 4.35. The summed E-state index contributed by atoms with van der Waals surface area (Å²) < 4.78 is 0. The minimum Gasteiger partial charge on any atom is -0.296 e. The molecule has 3 unspecified atom stereocenters. The highest BCUT2D eigenvalue weighted by atomic mass is 16.2. The molecule has 1 saturated heterocycles. The van der Waals surface area contributed by atoms with Crippen molar-refractivity contribution in [1.82, 2.24) is 5.32 Å². The summed E-state index contributed by atoms with van der Waals surface area (Å²) >= 11 is 0. The van der Waals surface area contributed by atoms with E-state index in [4.69, 9.17) is 0 Å². The number of benzene rings is 1. The number of amides is 2. The number of nitrogens with one attached hydrogen (secondary N) is 1. The molecule has 3 nitrogen and oxygen atoms in total. The highest BCUT2D eigenvalue weighted by Gasteiger charge is 2.37. The van der Waals surface area contributed by atoms with Crippen molar-refractivity contribution >= 4 is 11.8 Å². The zero-order valence-electron chi connectivity index (χ0n) is 11.6. The molecular formula is C16H21NO2. The molecule has 0 saturated carbocycles. The molecular weight excluding hydrogens is 238 g/mol. The normalized spacial score (nSPS) is 24.9. The van der Waals surface area contributed by atoms with E-state index in [1.165, 1.54) is 0 Å². The van der Waals surface area contributed by atoms with E-state index >= 15 is 0 Å². The molecule has 1 aliphatic heterocycles. The Balaban J connectivity index is 2.18. The van der Waals surface area contributed by atoms with Crippen LogP contribution in [0.5, 0.6) is 0 Å². The fourth-order valence-corrected chi connectivity index (χ4v) is 2.84. The maximum atomic E-state index is 12.1. The standard InChI is InChI=1S/C16H21NO2/c1-3-11(2)13-10-15(18)17-16(19)14(13)9-12-7-5-4-6-8-12/h4-8,11,13-14H,3,9-10H2,1-2H3,(H,17,18,19). The third-order valence-electron chi connectivity index (χ3n) is 4.21. The maximum absolute atomic E-state index is 12.1. The molecule has 0 spiro atoms. The van der Waals surface area contributed by atoms with E-state index in [9.17, 15) is 9.59 Å². The van der Waals surface area contributed by atoms with Crippen molar-refractivity contribution in [3.8, 4) is 0 Å². The molecule has 3 heteroatoms. The number of piperidine rings is 1. The van der Waals surface area contributed by atoms with Crippen LogP contribution < -0.4 is 5.32 Å². The average molecular weight is 259 g/mol. The van der Waals surface area contributed by atoms with Gasteiger partial charge in [-0.25, -0.2) is 0 Å². The van der Waals surface area contributed by atoms with E-state index in [1.54, 1.807) is 0 Å². The van der Waals surface area contributed by atoms with Gasteiger partial charge in [0.15, 0.2) is 0 Å². The summed E-state index contributed by atoms with van der Waals surface area (Å²) in [6.45, 7) is 4.25. The first kappa shape index (κ1) is 13.8. The number of carbonyl (C=O) groups excluding carboxylic acids is 2. The molecule has 1 N–H and O–H groups in total. The van der Waals surface area contributed by atoms with Crippen LogP contribution in [0.1, 0.15) is 32.3 Å². The van der Waals surface area contributed by atoms with E-state index in [2.05, 4.69) is 19.2 Å². The van der Waals surface area contributed by atoms with E-state index in [0.717, 1.165) is 18.4 Å². The van der Waals surface area contributed by atoms with Crippen molar-refractivity contribution < 1.29 is 9.59 Å². The van der Waals surface area contributed by atoms with Crippen LogP contribution in [0.4, 0.5) is 0 Å². The molecule has 1 fully saturated rings. The summed E-state index contributed by atoms with van der Waals surface area (Å²) in [7, 11) is 0. The van der Waals surface area contributed by atoms with Crippen LogP contribution in [0.25, 0.3) is 0 Å². The Morgan fingerprint density at radius 2 is 1.95 bits per heavy atom. The lowest BCUT2D eigenvalue weighted by molar-refractivity contribution is -0.140. The molecule has 0 bridgehead atoms. The van der Waals surface area contributed by atoms with E-state index in [0.29, 0.717) is 12.3 Å². The van der Waals surface area contributed by atoms with Crippen molar-refractivity contribution in [2.75, 3.05) is 0 Å². The second-order valence-corrected chi connectivity index (χ2v) is 5.46. The predicted octanol–water partition coefficient (Wildman–Crippen LogP) is 2.55. The maximum Gasteiger partial charge on any atom is 0.230 e. The fraction of sp³-hybridized carbons (Fsp3) is 0.500. The van der Waals surface area contributed by atoms with Gasteiger partial charge in [-0.2, -0.15) is 0 Å². The van der Waals surface area contributed by atoms with E-state index in [1.807, 2.05) is 30.3 Å². The molecule has 19 heavy (non-hydrogen) atoms. The third-order valence-corrected chi connectivity index (χ3v) is 4.21.